The third-order valence-electron chi connectivity index (χ3n) is 3.06. The first kappa shape index (κ1) is 18.2. The topological polar surface area (TPSA) is 0 Å². The van der Waals surface area contributed by atoms with E-state index in [2.05, 4.69) is 90.1 Å². The van der Waals surface area contributed by atoms with E-state index in [4.69, 9.17) is 0 Å². The molecule has 0 amide bonds. The van der Waals surface area contributed by atoms with Gasteiger partial charge >= 0.3 is 17.1 Å². The second-order valence-electron chi connectivity index (χ2n) is 6.85. The van der Waals surface area contributed by atoms with Crippen LogP contribution in [0.3, 0.4) is 0 Å². The van der Waals surface area contributed by atoms with Crippen LogP contribution in [0.15, 0.2) is 48.5 Å². The van der Waals surface area contributed by atoms with Crippen LogP contribution in [0.25, 0.3) is 0 Å². The van der Waals surface area contributed by atoms with E-state index in [0.717, 1.165) is 0 Å². The van der Waals surface area contributed by atoms with Crippen LogP contribution in [0, 0.1) is 0 Å². The van der Waals surface area contributed by atoms with Gasteiger partial charge in [-0.25, -0.2) is 24.3 Å². The molecular formula is C18H26Mn. The van der Waals surface area contributed by atoms with Gasteiger partial charge in [-0.05, 0) is 0 Å². The fourth-order valence-electron chi connectivity index (χ4n) is 1.75. The van der Waals surface area contributed by atoms with Crippen LogP contribution < -0.4 is 0 Å². The third kappa shape index (κ3) is 6.27. The van der Waals surface area contributed by atoms with Crippen molar-refractivity contribution in [3.05, 3.63) is 59.7 Å². The normalized spacial score (nSPS) is 11.3. The Labute approximate surface area is 129 Å². The molecule has 2 aromatic carbocycles. The quantitative estimate of drug-likeness (QED) is 0.451. The molecule has 0 saturated heterocycles. The summed E-state index contributed by atoms with van der Waals surface area (Å²) in [5.74, 6) is 0. The van der Waals surface area contributed by atoms with Gasteiger partial charge in [-0.2, -0.15) is 35.4 Å². The smallest absolute Gasteiger partial charge is 0.213 e. The van der Waals surface area contributed by atoms with Crippen LogP contribution in [0.2, 0.25) is 0 Å². The van der Waals surface area contributed by atoms with Gasteiger partial charge in [0.15, 0.2) is 0 Å². The Morgan fingerprint density at radius 3 is 0.842 bits per heavy atom. The van der Waals surface area contributed by atoms with Gasteiger partial charge in [-0.15, -0.1) is 0 Å². The molecule has 0 unspecified atom stereocenters. The first-order valence-electron chi connectivity index (χ1n) is 6.65. The monoisotopic (exact) mass is 297 g/mol. The minimum absolute atomic E-state index is 0. The number of hydrogen-bond donors (Lipinski definition) is 0. The Bertz CT molecular complexity index is 375. The van der Waals surface area contributed by atoms with Crippen molar-refractivity contribution in [2.75, 3.05) is 0 Å². The van der Waals surface area contributed by atoms with Crippen molar-refractivity contribution in [3.8, 4) is 0 Å². The zero-order valence-electron chi connectivity index (χ0n) is 13.0. The van der Waals surface area contributed by atoms with Crippen molar-refractivity contribution in [1.29, 1.82) is 0 Å². The van der Waals surface area contributed by atoms with E-state index in [1.54, 1.807) is 0 Å². The molecule has 0 fully saturated rings. The van der Waals surface area contributed by atoms with Crippen molar-refractivity contribution in [2.45, 2.75) is 52.4 Å². The van der Waals surface area contributed by atoms with Crippen LogP contribution in [-0.2, 0) is 27.9 Å². The Morgan fingerprint density at radius 2 is 0.737 bits per heavy atom. The maximum atomic E-state index is 2.22. The molecule has 0 N–H and O–H groups in total. The van der Waals surface area contributed by atoms with Crippen LogP contribution in [0.5, 0.6) is 0 Å². The SMILES string of the molecule is CC(C)(C)[c-]1cccc1.CC(C)(C)[c-]1cccc1.[Mn+2]. The summed E-state index contributed by atoms with van der Waals surface area (Å²) in [6, 6.07) is 17.0. The van der Waals surface area contributed by atoms with Gasteiger partial charge in [0.25, 0.3) is 0 Å². The second kappa shape index (κ2) is 7.12. The molecule has 0 aliphatic heterocycles. The maximum Gasteiger partial charge on any atom is 2.00 e. The van der Waals surface area contributed by atoms with E-state index in [0.29, 0.717) is 10.8 Å². The Kier molecular flexibility index (Phi) is 6.83. The summed E-state index contributed by atoms with van der Waals surface area (Å²) in [5, 5.41) is 0. The van der Waals surface area contributed by atoms with E-state index in [1.807, 2.05) is 0 Å². The summed E-state index contributed by atoms with van der Waals surface area (Å²) in [5.41, 5.74) is 3.48. The van der Waals surface area contributed by atoms with Gasteiger partial charge < -0.3 is 0 Å². The van der Waals surface area contributed by atoms with Gasteiger partial charge in [0.05, 0.1) is 0 Å². The summed E-state index contributed by atoms with van der Waals surface area (Å²) in [6.07, 6.45) is 0. The molecular weight excluding hydrogens is 271 g/mol. The molecule has 1 heteroatoms. The molecule has 0 spiro atoms. The van der Waals surface area contributed by atoms with E-state index in [9.17, 15) is 0 Å². The van der Waals surface area contributed by atoms with Crippen LogP contribution in [-0.4, -0.2) is 0 Å². The second-order valence-corrected chi connectivity index (χ2v) is 6.85. The molecule has 19 heavy (non-hydrogen) atoms. The molecule has 2 rings (SSSR count). The van der Waals surface area contributed by atoms with Gasteiger partial charge in [-0.3, -0.25) is 0 Å². The molecule has 0 nitrogen and oxygen atoms in total. The first-order valence-corrected chi connectivity index (χ1v) is 6.65. The van der Waals surface area contributed by atoms with Crippen LogP contribution >= 0.6 is 0 Å². The molecule has 0 atom stereocenters. The van der Waals surface area contributed by atoms with E-state index < -0.39 is 0 Å². The van der Waals surface area contributed by atoms with Crippen molar-refractivity contribution in [1.82, 2.24) is 0 Å². The zero-order valence-corrected chi connectivity index (χ0v) is 14.2. The van der Waals surface area contributed by atoms with Gasteiger partial charge in [0.2, 0.25) is 0 Å². The predicted octanol–water partition coefficient (Wildman–Crippen LogP) is 5.40. The van der Waals surface area contributed by atoms with Crippen LogP contribution in [0.1, 0.15) is 52.7 Å². The molecule has 0 saturated carbocycles. The molecule has 0 aliphatic carbocycles. The average Bonchev–Trinajstić information content (AvgIpc) is 2.91. The largest absolute Gasteiger partial charge is 2.00 e. The van der Waals surface area contributed by atoms with E-state index >= 15 is 0 Å². The number of rotatable bonds is 0. The van der Waals surface area contributed by atoms with Crippen molar-refractivity contribution < 1.29 is 17.1 Å². The predicted molar refractivity (Wildman–Crippen MR) is 81.5 cm³/mol. The average molecular weight is 297 g/mol. The van der Waals surface area contributed by atoms with Crippen molar-refractivity contribution in [3.63, 3.8) is 0 Å². The summed E-state index contributed by atoms with van der Waals surface area (Å²) in [7, 11) is 0. The summed E-state index contributed by atoms with van der Waals surface area (Å²) < 4.78 is 0. The minimum atomic E-state index is 0. The van der Waals surface area contributed by atoms with Crippen molar-refractivity contribution >= 4 is 0 Å². The Morgan fingerprint density at radius 1 is 0.526 bits per heavy atom. The summed E-state index contributed by atoms with van der Waals surface area (Å²) in [4.78, 5) is 0. The van der Waals surface area contributed by atoms with Gasteiger partial charge in [0, 0.05) is 0 Å². The zero-order chi connectivity index (χ0) is 13.8. The molecule has 0 heterocycles. The first-order chi connectivity index (χ1) is 8.21. The van der Waals surface area contributed by atoms with Crippen LogP contribution in [0.4, 0.5) is 0 Å². The molecule has 2 aromatic rings. The standard InChI is InChI=1S/2C9H13.Mn/c2*1-9(2,3)8-6-4-5-7-8;/h2*4-7H,1-3H3;/q2*-1;+2. The Hall–Kier alpha value is -0.781. The molecule has 0 aromatic heterocycles. The summed E-state index contributed by atoms with van der Waals surface area (Å²) in [6.45, 7) is 13.3. The molecule has 1 radical (unpaired) electrons. The fourth-order valence-corrected chi connectivity index (χ4v) is 1.75. The number of hydrogen-bond acceptors (Lipinski definition) is 0. The Balaban J connectivity index is 0.000000324. The van der Waals surface area contributed by atoms with Gasteiger partial charge in [-0.1, -0.05) is 52.4 Å². The third-order valence-corrected chi connectivity index (χ3v) is 3.06. The van der Waals surface area contributed by atoms with E-state index in [-0.39, 0.29) is 17.1 Å². The van der Waals surface area contributed by atoms with Crippen molar-refractivity contribution in [2.24, 2.45) is 0 Å². The van der Waals surface area contributed by atoms with Gasteiger partial charge in [0.1, 0.15) is 0 Å². The summed E-state index contributed by atoms with van der Waals surface area (Å²) >= 11 is 0. The fraction of sp³-hybridized carbons (Fsp3) is 0.444. The molecule has 0 aliphatic rings. The minimum Gasteiger partial charge on any atom is -0.213 e. The maximum absolute atomic E-state index is 2.22. The molecule has 105 valence electrons. The van der Waals surface area contributed by atoms with E-state index in [1.165, 1.54) is 11.1 Å². The molecule has 0 bridgehead atoms.